The highest BCUT2D eigenvalue weighted by molar-refractivity contribution is 7.92. The summed E-state index contributed by atoms with van der Waals surface area (Å²) in [5.41, 5.74) is -0.346. The van der Waals surface area contributed by atoms with Crippen molar-refractivity contribution in [3.8, 4) is 0 Å². The maximum atomic E-state index is 13.5. The molecule has 0 atom stereocenters. The molecule has 0 aromatic heterocycles. The van der Waals surface area contributed by atoms with Gasteiger partial charge in [0, 0.05) is 6.07 Å². The molecule has 0 unspecified atom stereocenters. The quantitative estimate of drug-likeness (QED) is 0.893. The minimum atomic E-state index is -3.96. The third-order valence-electron chi connectivity index (χ3n) is 3.03. The number of halogens is 3. The lowest BCUT2D eigenvalue weighted by molar-refractivity contribution is -0.114. The normalized spacial score (nSPS) is 11.2. The molecule has 0 radical (unpaired) electrons. The van der Waals surface area contributed by atoms with Crippen molar-refractivity contribution >= 4 is 27.3 Å². The minimum Gasteiger partial charge on any atom is -0.322 e. The van der Waals surface area contributed by atoms with Crippen molar-refractivity contribution in [3.63, 3.8) is 0 Å². The van der Waals surface area contributed by atoms with Crippen molar-refractivity contribution in [1.29, 1.82) is 0 Å². The van der Waals surface area contributed by atoms with E-state index in [1.807, 2.05) is 0 Å². The molecule has 0 heterocycles. The molecule has 24 heavy (non-hydrogen) atoms. The third-order valence-corrected chi connectivity index (χ3v) is 4.17. The third kappa shape index (κ3) is 4.25. The van der Waals surface area contributed by atoms with Crippen LogP contribution in [-0.2, 0) is 14.8 Å². The van der Waals surface area contributed by atoms with Crippen LogP contribution in [0.5, 0.6) is 0 Å². The van der Waals surface area contributed by atoms with E-state index < -0.39 is 39.9 Å². The molecule has 9 heteroatoms. The Balaban J connectivity index is 2.25. The maximum Gasteiger partial charge on any atom is 0.245 e. The van der Waals surface area contributed by atoms with Crippen LogP contribution < -0.4 is 9.62 Å². The monoisotopic (exact) mass is 358 g/mol. The molecular formula is C15H13F3N2O3S. The van der Waals surface area contributed by atoms with Crippen LogP contribution in [0, 0.1) is 17.5 Å². The molecule has 2 rings (SSSR count). The standard InChI is InChI=1S/C15H13F3N2O3S/c1-24(22,23)20(10-6-7-11(16)13(18)8-10)9-15(21)19-14-5-3-2-4-12(14)17/h2-8H,9H2,1H3,(H,19,21). The molecule has 1 N–H and O–H groups in total. The van der Waals surface area contributed by atoms with Gasteiger partial charge in [-0.3, -0.25) is 9.10 Å². The topological polar surface area (TPSA) is 66.5 Å². The molecule has 2 aromatic rings. The Morgan fingerprint density at radius 2 is 1.71 bits per heavy atom. The smallest absolute Gasteiger partial charge is 0.245 e. The van der Waals surface area contributed by atoms with Crippen molar-refractivity contribution in [3.05, 3.63) is 59.9 Å². The molecule has 0 bridgehead atoms. The van der Waals surface area contributed by atoms with E-state index in [9.17, 15) is 26.4 Å². The molecule has 0 spiro atoms. The summed E-state index contributed by atoms with van der Waals surface area (Å²) in [5.74, 6) is -3.93. The van der Waals surface area contributed by atoms with Gasteiger partial charge in [0.15, 0.2) is 11.6 Å². The summed E-state index contributed by atoms with van der Waals surface area (Å²) < 4.78 is 64.1. The zero-order chi connectivity index (χ0) is 17.9. The number of rotatable bonds is 5. The van der Waals surface area contributed by atoms with Crippen molar-refractivity contribution in [2.45, 2.75) is 0 Å². The van der Waals surface area contributed by atoms with E-state index in [1.54, 1.807) is 0 Å². The minimum absolute atomic E-state index is 0.124. The number of amides is 1. The Labute approximate surface area is 136 Å². The van der Waals surface area contributed by atoms with Crippen molar-refractivity contribution in [2.24, 2.45) is 0 Å². The summed E-state index contributed by atoms with van der Waals surface area (Å²) in [6.07, 6.45) is 0.810. The summed E-state index contributed by atoms with van der Waals surface area (Å²) >= 11 is 0. The van der Waals surface area contributed by atoms with Gasteiger partial charge in [0.25, 0.3) is 0 Å². The van der Waals surface area contributed by atoms with E-state index in [0.717, 1.165) is 24.5 Å². The summed E-state index contributed by atoms with van der Waals surface area (Å²) in [6, 6.07) is 7.77. The zero-order valence-electron chi connectivity index (χ0n) is 12.5. The van der Waals surface area contributed by atoms with E-state index in [2.05, 4.69) is 5.32 Å². The molecule has 5 nitrogen and oxygen atoms in total. The Kier molecular flexibility index (Phi) is 5.13. The summed E-state index contributed by atoms with van der Waals surface area (Å²) in [7, 11) is -3.96. The highest BCUT2D eigenvalue weighted by Crippen LogP contribution is 2.21. The number of carbonyl (C=O) groups is 1. The molecule has 0 fully saturated rings. The van der Waals surface area contributed by atoms with Gasteiger partial charge in [-0.05, 0) is 24.3 Å². The first kappa shape index (κ1) is 17.8. The van der Waals surface area contributed by atoms with Crippen LogP contribution in [0.3, 0.4) is 0 Å². The Hall–Kier alpha value is -2.55. The fraction of sp³-hybridized carbons (Fsp3) is 0.133. The first-order chi connectivity index (χ1) is 11.2. The van der Waals surface area contributed by atoms with Crippen LogP contribution in [0.1, 0.15) is 0 Å². The molecule has 0 saturated heterocycles. The number of para-hydroxylation sites is 1. The number of hydrogen-bond acceptors (Lipinski definition) is 3. The number of carbonyl (C=O) groups excluding carboxylic acids is 1. The van der Waals surface area contributed by atoms with Gasteiger partial charge in [-0.25, -0.2) is 21.6 Å². The van der Waals surface area contributed by atoms with Gasteiger partial charge in [0.2, 0.25) is 15.9 Å². The van der Waals surface area contributed by atoms with E-state index in [-0.39, 0.29) is 11.4 Å². The molecule has 0 saturated carbocycles. The summed E-state index contributed by atoms with van der Waals surface area (Å²) in [5, 5.41) is 2.22. The summed E-state index contributed by atoms with van der Waals surface area (Å²) in [4.78, 5) is 12.0. The average Bonchev–Trinajstić information content (AvgIpc) is 2.49. The van der Waals surface area contributed by atoms with Crippen LogP contribution in [0.4, 0.5) is 24.5 Å². The van der Waals surface area contributed by atoms with Gasteiger partial charge >= 0.3 is 0 Å². The van der Waals surface area contributed by atoms with Gasteiger partial charge in [-0.1, -0.05) is 12.1 Å². The van der Waals surface area contributed by atoms with Gasteiger partial charge in [0.1, 0.15) is 12.4 Å². The SMILES string of the molecule is CS(=O)(=O)N(CC(=O)Nc1ccccc1F)c1ccc(F)c(F)c1. The first-order valence-electron chi connectivity index (χ1n) is 6.65. The lowest BCUT2D eigenvalue weighted by atomic mass is 10.3. The molecular weight excluding hydrogens is 345 g/mol. The number of sulfonamides is 1. The molecule has 2 aromatic carbocycles. The van der Waals surface area contributed by atoms with Crippen molar-refractivity contribution in [2.75, 3.05) is 22.4 Å². The second-order valence-electron chi connectivity index (χ2n) is 4.90. The van der Waals surface area contributed by atoms with E-state index >= 15 is 0 Å². The lowest BCUT2D eigenvalue weighted by Gasteiger charge is -2.22. The number of nitrogens with one attached hydrogen (secondary N) is 1. The van der Waals surface area contributed by atoms with Crippen LogP contribution in [0.15, 0.2) is 42.5 Å². The van der Waals surface area contributed by atoms with E-state index in [4.69, 9.17) is 0 Å². The van der Waals surface area contributed by atoms with Crippen LogP contribution in [0.2, 0.25) is 0 Å². The lowest BCUT2D eigenvalue weighted by Crippen LogP contribution is -2.37. The van der Waals surface area contributed by atoms with Crippen molar-refractivity contribution < 1.29 is 26.4 Å². The fourth-order valence-corrected chi connectivity index (χ4v) is 2.77. The molecule has 128 valence electrons. The highest BCUT2D eigenvalue weighted by atomic mass is 32.2. The van der Waals surface area contributed by atoms with Crippen molar-refractivity contribution in [1.82, 2.24) is 0 Å². The zero-order valence-corrected chi connectivity index (χ0v) is 13.3. The van der Waals surface area contributed by atoms with E-state index in [0.29, 0.717) is 10.4 Å². The van der Waals surface area contributed by atoms with Gasteiger partial charge in [0.05, 0.1) is 17.6 Å². The second kappa shape index (κ2) is 6.91. The Bertz CT molecular complexity index is 872. The Morgan fingerprint density at radius 1 is 1.04 bits per heavy atom. The molecule has 0 aliphatic heterocycles. The average molecular weight is 358 g/mol. The fourth-order valence-electron chi connectivity index (χ4n) is 1.92. The van der Waals surface area contributed by atoms with Crippen LogP contribution in [-0.4, -0.2) is 27.1 Å². The van der Waals surface area contributed by atoms with Gasteiger partial charge < -0.3 is 5.32 Å². The molecule has 1 amide bonds. The number of hydrogen-bond donors (Lipinski definition) is 1. The predicted molar refractivity (Wildman–Crippen MR) is 83.6 cm³/mol. The predicted octanol–water partition coefficient (Wildman–Crippen LogP) is 2.51. The van der Waals surface area contributed by atoms with Crippen LogP contribution >= 0.6 is 0 Å². The first-order valence-corrected chi connectivity index (χ1v) is 8.50. The summed E-state index contributed by atoms with van der Waals surface area (Å²) in [6.45, 7) is -0.724. The van der Waals surface area contributed by atoms with E-state index in [1.165, 1.54) is 18.2 Å². The number of anilines is 2. The van der Waals surface area contributed by atoms with Gasteiger partial charge in [-0.2, -0.15) is 0 Å². The largest absolute Gasteiger partial charge is 0.322 e. The van der Waals surface area contributed by atoms with Crippen LogP contribution in [0.25, 0.3) is 0 Å². The Morgan fingerprint density at radius 3 is 2.29 bits per heavy atom. The maximum absolute atomic E-state index is 13.5. The molecule has 0 aliphatic rings. The highest BCUT2D eigenvalue weighted by Gasteiger charge is 2.22. The molecule has 0 aliphatic carbocycles. The number of nitrogens with zero attached hydrogens (tertiary/aromatic N) is 1. The van der Waals surface area contributed by atoms with Gasteiger partial charge in [-0.15, -0.1) is 0 Å². The number of benzene rings is 2. The second-order valence-corrected chi connectivity index (χ2v) is 6.80.